The van der Waals surface area contributed by atoms with Gasteiger partial charge in [-0.1, -0.05) is 278 Å². The molecule has 0 aromatic carbocycles. The van der Waals surface area contributed by atoms with Crippen molar-refractivity contribution in [3.8, 4) is 0 Å². The Morgan fingerprint density at radius 3 is 0.656 bits per heavy atom. The third kappa shape index (κ3) is 49.3. The van der Waals surface area contributed by atoms with E-state index in [1.807, 2.05) is 0 Å². The van der Waals surface area contributed by atoms with E-state index in [0.717, 1.165) is 64.2 Å². The molecular formula is C55H106O6. The predicted molar refractivity (Wildman–Crippen MR) is 261 cm³/mol. The Kier molecular flexibility index (Phi) is 49.7. The number of hydrogen-bond donors (Lipinski definition) is 0. The highest BCUT2D eigenvalue weighted by Crippen LogP contribution is 2.17. The Morgan fingerprint density at radius 2 is 0.443 bits per heavy atom. The Hall–Kier alpha value is -1.59. The Balaban J connectivity index is 4.04. The van der Waals surface area contributed by atoms with Gasteiger partial charge in [0.25, 0.3) is 0 Å². The minimum atomic E-state index is -0.758. The van der Waals surface area contributed by atoms with Gasteiger partial charge in [0, 0.05) is 19.3 Å². The molecule has 0 aromatic heterocycles. The SMILES string of the molecule is CCCCCCCCCCCCCCCCCCCCCCCC(=O)OCC(COC(=O)CCCCCCC)OC(=O)CCCCCCCCCCCCCCCCCCC. The van der Waals surface area contributed by atoms with E-state index in [4.69, 9.17) is 14.2 Å². The first-order chi connectivity index (χ1) is 30.0. The Labute approximate surface area is 380 Å². The summed E-state index contributed by atoms with van der Waals surface area (Å²) < 4.78 is 16.7. The van der Waals surface area contributed by atoms with Gasteiger partial charge in [-0.3, -0.25) is 14.4 Å². The van der Waals surface area contributed by atoms with E-state index in [1.165, 1.54) is 212 Å². The molecule has 0 saturated carbocycles. The predicted octanol–water partition coefficient (Wildman–Crippen LogP) is 18.0. The highest BCUT2D eigenvalue weighted by molar-refractivity contribution is 5.71. The number of rotatable bonds is 51. The monoisotopic (exact) mass is 863 g/mol. The summed E-state index contributed by atoms with van der Waals surface area (Å²) in [5.41, 5.74) is 0. The van der Waals surface area contributed by atoms with Crippen LogP contribution in [0.15, 0.2) is 0 Å². The second kappa shape index (κ2) is 51.0. The Bertz CT molecular complexity index is 905. The van der Waals surface area contributed by atoms with Crippen molar-refractivity contribution in [1.29, 1.82) is 0 Å². The molecule has 0 saturated heterocycles. The van der Waals surface area contributed by atoms with Crippen molar-refractivity contribution in [2.75, 3.05) is 13.2 Å². The van der Waals surface area contributed by atoms with Gasteiger partial charge in [-0.05, 0) is 19.3 Å². The smallest absolute Gasteiger partial charge is 0.306 e. The average Bonchev–Trinajstić information content (AvgIpc) is 3.26. The number of ether oxygens (including phenoxy) is 3. The fraction of sp³-hybridized carbons (Fsp3) is 0.945. The summed E-state index contributed by atoms with van der Waals surface area (Å²) in [6.07, 6.45) is 55.6. The van der Waals surface area contributed by atoms with Crippen LogP contribution in [0.4, 0.5) is 0 Å². The van der Waals surface area contributed by atoms with Crippen molar-refractivity contribution in [1.82, 2.24) is 0 Å². The van der Waals surface area contributed by atoms with Gasteiger partial charge < -0.3 is 14.2 Å². The van der Waals surface area contributed by atoms with Gasteiger partial charge in [-0.2, -0.15) is 0 Å². The Morgan fingerprint density at radius 1 is 0.262 bits per heavy atom. The fourth-order valence-corrected chi connectivity index (χ4v) is 8.45. The van der Waals surface area contributed by atoms with Crippen molar-refractivity contribution in [3.63, 3.8) is 0 Å². The minimum absolute atomic E-state index is 0.0628. The van der Waals surface area contributed by atoms with E-state index >= 15 is 0 Å². The molecule has 0 spiro atoms. The minimum Gasteiger partial charge on any atom is -0.462 e. The van der Waals surface area contributed by atoms with Crippen LogP contribution in [0.2, 0.25) is 0 Å². The van der Waals surface area contributed by atoms with E-state index in [2.05, 4.69) is 20.8 Å². The lowest BCUT2D eigenvalue weighted by molar-refractivity contribution is -0.167. The summed E-state index contributed by atoms with van der Waals surface area (Å²) in [6, 6.07) is 0. The van der Waals surface area contributed by atoms with Gasteiger partial charge in [-0.15, -0.1) is 0 Å². The fourth-order valence-electron chi connectivity index (χ4n) is 8.45. The maximum atomic E-state index is 12.7. The van der Waals surface area contributed by atoms with E-state index in [1.54, 1.807) is 0 Å². The van der Waals surface area contributed by atoms with E-state index < -0.39 is 6.10 Å². The van der Waals surface area contributed by atoms with Gasteiger partial charge >= 0.3 is 17.9 Å². The summed E-state index contributed by atoms with van der Waals surface area (Å²) in [6.45, 7) is 6.62. The molecule has 6 heteroatoms. The second-order valence-electron chi connectivity index (χ2n) is 18.9. The molecule has 0 aliphatic carbocycles. The largest absolute Gasteiger partial charge is 0.462 e. The van der Waals surface area contributed by atoms with Crippen LogP contribution in [0, 0.1) is 0 Å². The lowest BCUT2D eigenvalue weighted by Gasteiger charge is -2.18. The summed E-state index contributed by atoms with van der Waals surface area (Å²) in [4.78, 5) is 37.7. The van der Waals surface area contributed by atoms with Crippen LogP contribution in [0.3, 0.4) is 0 Å². The molecule has 0 heterocycles. The summed E-state index contributed by atoms with van der Waals surface area (Å²) in [5, 5.41) is 0. The number of carbonyl (C=O) groups excluding carboxylic acids is 3. The van der Waals surface area contributed by atoms with Crippen LogP contribution in [-0.2, 0) is 28.6 Å². The maximum absolute atomic E-state index is 12.7. The van der Waals surface area contributed by atoms with E-state index in [-0.39, 0.29) is 31.1 Å². The van der Waals surface area contributed by atoms with Gasteiger partial charge in [0.2, 0.25) is 0 Å². The summed E-state index contributed by atoms with van der Waals surface area (Å²) in [7, 11) is 0. The lowest BCUT2D eigenvalue weighted by Crippen LogP contribution is -2.30. The third-order valence-electron chi connectivity index (χ3n) is 12.6. The number of carbonyl (C=O) groups is 3. The van der Waals surface area contributed by atoms with Crippen LogP contribution in [0.1, 0.15) is 316 Å². The molecular weight excluding hydrogens is 757 g/mol. The van der Waals surface area contributed by atoms with Crippen molar-refractivity contribution in [2.24, 2.45) is 0 Å². The molecule has 0 aliphatic heterocycles. The average molecular weight is 863 g/mol. The summed E-state index contributed by atoms with van der Waals surface area (Å²) >= 11 is 0. The molecule has 1 atom stereocenters. The number of unbranched alkanes of at least 4 members (excludes halogenated alkanes) is 40. The molecule has 0 amide bonds. The van der Waals surface area contributed by atoms with Gasteiger partial charge in [0.1, 0.15) is 13.2 Å². The zero-order valence-corrected chi connectivity index (χ0v) is 41.5. The topological polar surface area (TPSA) is 78.9 Å². The van der Waals surface area contributed by atoms with Gasteiger partial charge in [-0.25, -0.2) is 0 Å². The van der Waals surface area contributed by atoms with E-state index in [0.29, 0.717) is 19.3 Å². The quantitative estimate of drug-likeness (QED) is 0.0344. The molecule has 0 N–H and O–H groups in total. The summed E-state index contributed by atoms with van der Waals surface area (Å²) in [5.74, 6) is -0.854. The molecule has 0 aliphatic rings. The second-order valence-corrected chi connectivity index (χ2v) is 18.9. The molecule has 0 radical (unpaired) electrons. The molecule has 1 unspecified atom stereocenters. The lowest BCUT2D eigenvalue weighted by atomic mass is 10.0. The van der Waals surface area contributed by atoms with Gasteiger partial charge in [0.05, 0.1) is 0 Å². The van der Waals surface area contributed by atoms with Crippen LogP contribution >= 0.6 is 0 Å². The van der Waals surface area contributed by atoms with Crippen LogP contribution in [-0.4, -0.2) is 37.2 Å². The molecule has 362 valence electrons. The maximum Gasteiger partial charge on any atom is 0.306 e. The van der Waals surface area contributed by atoms with Crippen LogP contribution < -0.4 is 0 Å². The molecule has 6 nitrogen and oxygen atoms in total. The standard InChI is InChI=1S/C55H106O6/c1-4-7-10-13-15-17-19-21-23-25-26-27-28-30-31-33-35-37-39-42-45-48-54(57)60-51-52(50-59-53(56)47-44-41-12-9-6-3)61-55(58)49-46-43-40-38-36-34-32-29-24-22-20-18-16-14-11-8-5-2/h52H,4-51H2,1-3H3. The number of esters is 3. The van der Waals surface area contributed by atoms with Crippen molar-refractivity contribution < 1.29 is 28.6 Å². The molecule has 0 rings (SSSR count). The van der Waals surface area contributed by atoms with Crippen LogP contribution in [0.5, 0.6) is 0 Å². The van der Waals surface area contributed by atoms with Crippen molar-refractivity contribution in [3.05, 3.63) is 0 Å². The van der Waals surface area contributed by atoms with E-state index in [9.17, 15) is 14.4 Å². The number of hydrogen-bond acceptors (Lipinski definition) is 6. The molecule has 0 aromatic rings. The molecule has 0 bridgehead atoms. The van der Waals surface area contributed by atoms with Gasteiger partial charge in [0.15, 0.2) is 6.10 Å². The zero-order chi connectivity index (χ0) is 44.4. The first kappa shape index (κ1) is 59.4. The first-order valence-corrected chi connectivity index (χ1v) is 27.5. The normalized spacial score (nSPS) is 11.9. The first-order valence-electron chi connectivity index (χ1n) is 27.5. The highest BCUT2D eigenvalue weighted by Gasteiger charge is 2.19. The highest BCUT2D eigenvalue weighted by atomic mass is 16.6. The zero-order valence-electron chi connectivity index (χ0n) is 41.5. The molecule has 0 fully saturated rings. The van der Waals surface area contributed by atoms with Crippen LogP contribution in [0.25, 0.3) is 0 Å². The molecule has 61 heavy (non-hydrogen) atoms. The van der Waals surface area contributed by atoms with Crippen molar-refractivity contribution in [2.45, 2.75) is 322 Å². The third-order valence-corrected chi connectivity index (χ3v) is 12.6. The van der Waals surface area contributed by atoms with Crippen molar-refractivity contribution >= 4 is 17.9 Å².